The molecule has 0 amide bonds. The van der Waals surface area contributed by atoms with Crippen LogP contribution in [0.3, 0.4) is 0 Å². The van der Waals surface area contributed by atoms with Crippen LogP contribution in [0, 0.1) is 0 Å². The van der Waals surface area contributed by atoms with Gasteiger partial charge < -0.3 is 39.0 Å². The van der Waals surface area contributed by atoms with Gasteiger partial charge in [-0.25, -0.2) is 4.79 Å². The maximum Gasteiger partial charge on any atom is 0.335 e. The number of carbonyl (C=O) groups is 4. The number of aliphatic hydroxyl groups excluding tert-OH is 2. The summed E-state index contributed by atoms with van der Waals surface area (Å²) in [7, 11) is 0. The molecule has 0 aliphatic carbocycles. The van der Waals surface area contributed by atoms with Crippen molar-refractivity contribution in [3.63, 3.8) is 0 Å². The topological polar surface area (TPSA) is 175 Å². The molecule has 6 unspecified atom stereocenters. The van der Waals surface area contributed by atoms with Gasteiger partial charge >= 0.3 is 23.9 Å². The lowest BCUT2D eigenvalue weighted by Crippen LogP contribution is -2.61. The van der Waals surface area contributed by atoms with Gasteiger partial charge in [0.1, 0.15) is 18.8 Å². The number of carboxylic acids is 1. The van der Waals surface area contributed by atoms with Gasteiger partial charge in [-0.2, -0.15) is 0 Å². The van der Waals surface area contributed by atoms with Crippen LogP contribution in [-0.2, 0) is 42.9 Å². The Morgan fingerprint density at radius 2 is 0.741 bits per heavy atom. The van der Waals surface area contributed by atoms with Gasteiger partial charge in [0.2, 0.25) is 0 Å². The van der Waals surface area contributed by atoms with E-state index < -0.39 is 67.3 Å². The lowest BCUT2D eigenvalue weighted by molar-refractivity contribution is -0.301. The van der Waals surface area contributed by atoms with Crippen LogP contribution in [0.5, 0.6) is 0 Å². The van der Waals surface area contributed by atoms with Crippen molar-refractivity contribution in [2.45, 2.75) is 353 Å². The van der Waals surface area contributed by atoms with Crippen LogP contribution >= 0.6 is 0 Å². The molecule has 1 aliphatic rings. The Hall–Kier alpha value is -3.32. The molecule has 1 fully saturated rings. The maximum absolute atomic E-state index is 13.2. The molecule has 470 valence electrons. The molecule has 1 aliphatic heterocycles. The smallest absolute Gasteiger partial charge is 0.335 e. The number of carboxylic acid groups (broad SMARTS) is 1. The molecule has 1 saturated heterocycles. The highest BCUT2D eigenvalue weighted by Crippen LogP contribution is 2.27. The lowest BCUT2D eigenvalue weighted by atomic mass is 9.98. The normalized spacial score (nSPS) is 18.0. The van der Waals surface area contributed by atoms with Crippen molar-refractivity contribution in [3.05, 3.63) is 48.6 Å². The molecule has 81 heavy (non-hydrogen) atoms. The molecule has 12 nitrogen and oxygen atoms in total. The fraction of sp³-hybridized carbons (Fsp3) is 0.826. The van der Waals surface area contributed by atoms with Crippen molar-refractivity contribution in [2.75, 3.05) is 13.2 Å². The van der Waals surface area contributed by atoms with Gasteiger partial charge in [-0.05, 0) is 83.5 Å². The Morgan fingerprint density at radius 3 is 1.16 bits per heavy atom. The van der Waals surface area contributed by atoms with E-state index in [4.69, 9.17) is 23.7 Å². The molecule has 0 aromatic heterocycles. The first kappa shape index (κ1) is 75.7. The van der Waals surface area contributed by atoms with Crippen LogP contribution in [-0.4, -0.2) is 89.2 Å². The van der Waals surface area contributed by atoms with Crippen LogP contribution in [0.4, 0.5) is 0 Å². The number of carbonyl (C=O) groups excluding carboxylic acids is 3. The van der Waals surface area contributed by atoms with Crippen LogP contribution in [0.25, 0.3) is 0 Å². The van der Waals surface area contributed by atoms with Crippen molar-refractivity contribution in [1.82, 2.24) is 0 Å². The second kappa shape index (κ2) is 57.1. The number of hydrogen-bond acceptors (Lipinski definition) is 11. The molecule has 1 heterocycles. The van der Waals surface area contributed by atoms with Gasteiger partial charge in [0.25, 0.3) is 0 Å². The summed E-state index contributed by atoms with van der Waals surface area (Å²) in [4.78, 5) is 51.4. The first-order valence-electron chi connectivity index (χ1n) is 33.6. The standard InChI is InChI=1S/C69H122O12/c1-4-7-10-13-16-19-22-25-28-30-31-33-36-39-42-45-48-51-54-57-63(72)80-67-65(74)64(73)66(68(75)76)81-69(67)78-59-60(79-62(71)56-53-50-47-44-41-38-34-27-24-21-18-15-12-9-6-3)58-77-61(70)55-52-49-46-43-40-37-35-32-29-26-23-20-17-14-11-8-5-2/h16,19,25,27-28,31,33-34,60,64-67,69,73-74H,4-15,17-18,20-24,26,29-30,32,35-59H2,1-3H3,(H,75,76)/b19-16-,28-25-,33-31-,34-27-. The minimum Gasteiger partial charge on any atom is -0.479 e. The van der Waals surface area contributed by atoms with E-state index in [1.165, 1.54) is 148 Å². The largest absolute Gasteiger partial charge is 0.479 e. The average Bonchev–Trinajstić information content (AvgIpc) is 3.54. The van der Waals surface area contributed by atoms with Crippen molar-refractivity contribution < 1.29 is 58.2 Å². The van der Waals surface area contributed by atoms with E-state index in [0.29, 0.717) is 19.3 Å². The summed E-state index contributed by atoms with van der Waals surface area (Å²) < 4.78 is 28.6. The van der Waals surface area contributed by atoms with E-state index in [2.05, 4.69) is 69.4 Å². The summed E-state index contributed by atoms with van der Waals surface area (Å²) in [5, 5.41) is 31.6. The quantitative estimate of drug-likeness (QED) is 0.0228. The van der Waals surface area contributed by atoms with Crippen LogP contribution in [0.1, 0.15) is 316 Å². The van der Waals surface area contributed by atoms with Crippen LogP contribution in [0.15, 0.2) is 48.6 Å². The highest BCUT2D eigenvalue weighted by Gasteiger charge is 2.50. The zero-order valence-corrected chi connectivity index (χ0v) is 52.0. The molecular formula is C69H122O12. The van der Waals surface area contributed by atoms with Gasteiger partial charge in [-0.1, -0.05) is 262 Å². The molecule has 0 bridgehead atoms. The van der Waals surface area contributed by atoms with E-state index in [-0.39, 0.29) is 25.9 Å². The van der Waals surface area contributed by atoms with E-state index in [9.17, 15) is 34.5 Å². The first-order chi connectivity index (χ1) is 39.6. The molecule has 6 atom stereocenters. The molecule has 0 aromatic carbocycles. The second-order valence-electron chi connectivity index (χ2n) is 23.1. The van der Waals surface area contributed by atoms with Gasteiger partial charge in [0.15, 0.2) is 24.6 Å². The Morgan fingerprint density at radius 1 is 0.407 bits per heavy atom. The molecule has 12 heteroatoms. The number of rotatable bonds is 58. The zero-order valence-electron chi connectivity index (χ0n) is 52.0. The van der Waals surface area contributed by atoms with Crippen LogP contribution in [0.2, 0.25) is 0 Å². The molecule has 0 radical (unpaired) electrons. The van der Waals surface area contributed by atoms with Crippen molar-refractivity contribution >= 4 is 23.9 Å². The minimum absolute atomic E-state index is 0.0469. The average molecular weight is 1140 g/mol. The minimum atomic E-state index is -1.91. The van der Waals surface area contributed by atoms with E-state index in [1.807, 2.05) is 0 Å². The summed E-state index contributed by atoms with van der Waals surface area (Å²) in [6.07, 6.45) is 57.7. The fourth-order valence-electron chi connectivity index (χ4n) is 10.2. The van der Waals surface area contributed by atoms with Crippen LogP contribution < -0.4 is 0 Å². The van der Waals surface area contributed by atoms with Gasteiger partial charge in [-0.3, -0.25) is 14.4 Å². The molecular weight excluding hydrogens is 1020 g/mol. The molecule has 0 spiro atoms. The number of aliphatic carboxylic acids is 1. The Bertz CT molecular complexity index is 1590. The maximum atomic E-state index is 13.2. The SMILES string of the molecule is CCCCC/C=C\C/C=C\C/C=C\CCCCCCCCC(=O)OC1C(OCC(COC(=O)CCCCCCCCCCCCCCCCCCC)OC(=O)CCCCCCC/C=C\CCCCCCCC)OC(C(=O)O)C(O)C1O. The molecule has 0 aromatic rings. The predicted octanol–water partition coefficient (Wildman–Crippen LogP) is 18.1. The number of hydrogen-bond donors (Lipinski definition) is 3. The number of ether oxygens (including phenoxy) is 5. The van der Waals surface area contributed by atoms with E-state index in [1.54, 1.807) is 0 Å². The second-order valence-corrected chi connectivity index (χ2v) is 23.1. The zero-order chi connectivity index (χ0) is 58.9. The van der Waals surface area contributed by atoms with E-state index in [0.717, 1.165) is 109 Å². The molecule has 0 saturated carbocycles. The van der Waals surface area contributed by atoms with Gasteiger partial charge in [0, 0.05) is 19.3 Å². The fourth-order valence-corrected chi connectivity index (χ4v) is 10.2. The van der Waals surface area contributed by atoms with E-state index >= 15 is 0 Å². The molecule has 3 N–H and O–H groups in total. The van der Waals surface area contributed by atoms with Gasteiger partial charge in [0.05, 0.1) is 6.61 Å². The van der Waals surface area contributed by atoms with Crippen molar-refractivity contribution in [2.24, 2.45) is 0 Å². The third kappa shape index (κ3) is 46.7. The summed E-state index contributed by atoms with van der Waals surface area (Å²) in [6.45, 7) is 6.00. The molecule has 1 rings (SSSR count). The number of unbranched alkanes of at least 4 members (excludes halogenated alkanes) is 36. The third-order valence-electron chi connectivity index (χ3n) is 15.4. The summed E-state index contributed by atoms with van der Waals surface area (Å²) in [5.41, 5.74) is 0. The lowest BCUT2D eigenvalue weighted by Gasteiger charge is -2.40. The summed E-state index contributed by atoms with van der Waals surface area (Å²) in [5.74, 6) is -3.12. The Balaban J connectivity index is 2.65. The Kier molecular flexibility index (Phi) is 53.4. The number of esters is 3. The summed E-state index contributed by atoms with van der Waals surface area (Å²) in [6, 6.07) is 0. The monoisotopic (exact) mass is 1140 g/mol. The van der Waals surface area contributed by atoms with Gasteiger partial charge in [-0.15, -0.1) is 0 Å². The predicted molar refractivity (Wildman–Crippen MR) is 331 cm³/mol. The van der Waals surface area contributed by atoms with Crippen molar-refractivity contribution in [3.8, 4) is 0 Å². The summed E-state index contributed by atoms with van der Waals surface area (Å²) >= 11 is 0. The first-order valence-corrected chi connectivity index (χ1v) is 33.6. The highest BCUT2D eigenvalue weighted by atomic mass is 16.7. The Labute approximate surface area is 494 Å². The number of aliphatic hydroxyl groups is 2. The number of allylic oxidation sites excluding steroid dienone is 8. The third-order valence-corrected chi connectivity index (χ3v) is 15.4. The van der Waals surface area contributed by atoms with Crippen molar-refractivity contribution in [1.29, 1.82) is 0 Å². The highest BCUT2D eigenvalue weighted by molar-refractivity contribution is 5.74.